The van der Waals surface area contributed by atoms with Crippen LogP contribution in [0.5, 0.6) is 0 Å². The third-order valence-electron chi connectivity index (χ3n) is 6.16. The maximum Gasteiger partial charge on any atom is 0.397 e. The van der Waals surface area contributed by atoms with Crippen LogP contribution < -0.4 is 0 Å². The zero-order valence-corrected chi connectivity index (χ0v) is 20.9. The minimum atomic E-state index is -4.36. The van der Waals surface area contributed by atoms with E-state index in [2.05, 4.69) is 15.2 Å². The van der Waals surface area contributed by atoms with Crippen LogP contribution in [0.1, 0.15) is 50.1 Å². The number of benzene rings is 2. The molecule has 4 rings (SSSR count). The van der Waals surface area contributed by atoms with Gasteiger partial charge in [0.2, 0.25) is 5.82 Å². The highest BCUT2D eigenvalue weighted by Crippen LogP contribution is 2.40. The van der Waals surface area contributed by atoms with Crippen LogP contribution in [0.2, 0.25) is 0 Å². The van der Waals surface area contributed by atoms with Crippen molar-refractivity contribution in [2.24, 2.45) is 0 Å². The van der Waals surface area contributed by atoms with Crippen LogP contribution in [-0.2, 0) is 18.4 Å². The first-order valence-electron chi connectivity index (χ1n) is 11.6. The second-order valence-corrected chi connectivity index (χ2v) is 10.3. The number of rotatable bonds is 7. The van der Waals surface area contributed by atoms with Crippen molar-refractivity contribution in [3.05, 3.63) is 77.0 Å². The number of hydrogen-bond acceptors (Lipinski definition) is 5. The van der Waals surface area contributed by atoms with Crippen molar-refractivity contribution in [2.75, 3.05) is 0 Å². The second-order valence-electron chi connectivity index (χ2n) is 10.3. The molecule has 1 N–H and O–H groups in total. The van der Waals surface area contributed by atoms with Crippen molar-refractivity contribution in [1.29, 1.82) is 0 Å². The highest BCUT2D eigenvalue weighted by molar-refractivity contribution is 5.58. The molecule has 0 aliphatic heterocycles. The molecule has 0 atom stereocenters. The average Bonchev–Trinajstić information content (AvgIpc) is 3.39. The molecule has 6 nitrogen and oxygen atoms in total. The van der Waals surface area contributed by atoms with Crippen molar-refractivity contribution in [3.8, 4) is 23.0 Å². The fraction of sp³-hybridized carbons (Fsp3) is 0.370. The molecule has 0 amide bonds. The molecule has 0 saturated heterocycles. The lowest BCUT2D eigenvalue weighted by atomic mass is 9.83. The van der Waals surface area contributed by atoms with Crippen LogP contribution in [0.15, 0.2) is 59.1 Å². The van der Waals surface area contributed by atoms with E-state index < -0.39 is 17.2 Å². The molecule has 2 aromatic heterocycles. The summed E-state index contributed by atoms with van der Waals surface area (Å²) in [4.78, 5) is 4.40. The average molecular weight is 499 g/mol. The zero-order valence-electron chi connectivity index (χ0n) is 20.9. The number of aryl methyl sites for hydroxylation is 1. The summed E-state index contributed by atoms with van der Waals surface area (Å²) in [5.74, 6) is 0.496. The van der Waals surface area contributed by atoms with Gasteiger partial charge in [0.25, 0.3) is 5.89 Å². The first-order chi connectivity index (χ1) is 16.7. The van der Waals surface area contributed by atoms with E-state index >= 15 is 0 Å². The lowest BCUT2D eigenvalue weighted by molar-refractivity contribution is -0.180. The van der Waals surface area contributed by atoms with Gasteiger partial charge in [-0.15, -0.1) is 0 Å². The van der Waals surface area contributed by atoms with Gasteiger partial charge in [-0.1, -0.05) is 53.7 Å². The van der Waals surface area contributed by atoms with Crippen LogP contribution in [0.3, 0.4) is 0 Å². The van der Waals surface area contributed by atoms with Crippen molar-refractivity contribution < 1.29 is 22.8 Å². The van der Waals surface area contributed by atoms with Gasteiger partial charge in [-0.2, -0.15) is 23.3 Å². The third kappa shape index (κ3) is 5.51. The fourth-order valence-electron chi connectivity index (χ4n) is 3.93. The number of aromatic nitrogens is 4. The minimum Gasteiger partial charge on any atom is -0.390 e. The van der Waals surface area contributed by atoms with E-state index in [9.17, 15) is 18.3 Å². The van der Waals surface area contributed by atoms with Crippen molar-refractivity contribution in [3.63, 3.8) is 0 Å². The Bertz CT molecular complexity index is 1350. The lowest BCUT2D eigenvalue weighted by Crippen LogP contribution is -2.36. The van der Waals surface area contributed by atoms with Crippen molar-refractivity contribution in [1.82, 2.24) is 19.9 Å². The first-order valence-corrected chi connectivity index (χ1v) is 11.6. The summed E-state index contributed by atoms with van der Waals surface area (Å²) in [5.41, 5.74) is 1.43. The van der Waals surface area contributed by atoms with E-state index in [1.54, 1.807) is 26.0 Å². The summed E-state index contributed by atoms with van der Waals surface area (Å²) in [6, 6.07) is 15.8. The summed E-state index contributed by atoms with van der Waals surface area (Å²) in [7, 11) is 0. The summed E-state index contributed by atoms with van der Waals surface area (Å²) in [6.45, 7) is 8.31. The lowest BCUT2D eigenvalue weighted by Gasteiger charge is -2.28. The topological polar surface area (TPSA) is 77.0 Å². The Hall–Kier alpha value is -3.46. The summed E-state index contributed by atoms with van der Waals surface area (Å²) in [6.07, 6.45) is -3.81. The Morgan fingerprint density at radius 3 is 2.25 bits per heavy atom. The largest absolute Gasteiger partial charge is 0.397 e. The van der Waals surface area contributed by atoms with E-state index in [-0.39, 0.29) is 17.3 Å². The Kier molecular flexibility index (Phi) is 6.55. The molecule has 0 aliphatic carbocycles. The molecule has 2 aromatic carbocycles. The molecule has 4 aromatic rings. The highest BCUT2D eigenvalue weighted by Gasteiger charge is 2.48. The van der Waals surface area contributed by atoms with Gasteiger partial charge in [0, 0.05) is 17.7 Å². The van der Waals surface area contributed by atoms with Crippen molar-refractivity contribution in [2.45, 2.75) is 64.8 Å². The van der Waals surface area contributed by atoms with Crippen molar-refractivity contribution >= 4 is 0 Å². The quantitative estimate of drug-likeness (QED) is 0.333. The molecule has 36 heavy (non-hydrogen) atoms. The van der Waals surface area contributed by atoms with Gasteiger partial charge < -0.3 is 9.63 Å². The number of halogens is 3. The summed E-state index contributed by atoms with van der Waals surface area (Å²) >= 11 is 0. The molecule has 0 bridgehead atoms. The van der Waals surface area contributed by atoms with Gasteiger partial charge in [-0.3, -0.25) is 4.68 Å². The van der Waals surface area contributed by atoms with Crippen LogP contribution in [0.25, 0.3) is 23.0 Å². The van der Waals surface area contributed by atoms with E-state index in [4.69, 9.17) is 4.52 Å². The molecule has 190 valence electrons. The maximum atomic E-state index is 13.3. The summed E-state index contributed by atoms with van der Waals surface area (Å²) in [5, 5.41) is 18.7. The smallest absolute Gasteiger partial charge is 0.390 e. The standard InChI is InChI=1S/C27H29F3N4O2/c1-17-13-22(32-34(17)16-19-8-6-7-18(14-19)15-25(2,3)35)24-31-23(33-36-24)20-9-11-21(12-10-20)26(4,5)27(28,29)30/h6-14,35H,15-16H2,1-5H3. The molecule has 0 radical (unpaired) electrons. The monoisotopic (exact) mass is 498 g/mol. The maximum absolute atomic E-state index is 13.3. The van der Waals surface area contributed by atoms with E-state index in [1.165, 1.54) is 12.1 Å². The molecule has 9 heteroatoms. The van der Waals surface area contributed by atoms with Crippen LogP contribution in [0, 0.1) is 6.92 Å². The van der Waals surface area contributed by atoms with E-state index in [1.807, 2.05) is 41.9 Å². The normalized spacial score (nSPS) is 12.8. The molecule has 2 heterocycles. The number of aliphatic hydroxyl groups is 1. The van der Waals surface area contributed by atoms with E-state index in [0.29, 0.717) is 24.2 Å². The van der Waals surface area contributed by atoms with Crippen LogP contribution in [-0.4, -0.2) is 36.8 Å². The Balaban J connectivity index is 1.52. The molecule has 0 saturated carbocycles. The molecule has 0 spiro atoms. The fourth-order valence-corrected chi connectivity index (χ4v) is 3.93. The predicted molar refractivity (Wildman–Crippen MR) is 130 cm³/mol. The number of hydrogen-bond donors (Lipinski definition) is 1. The third-order valence-corrected chi connectivity index (χ3v) is 6.16. The predicted octanol–water partition coefficient (Wildman–Crippen LogP) is 6.11. The SMILES string of the molecule is Cc1cc(-c2nc(-c3ccc(C(C)(C)C(F)(F)F)cc3)no2)nn1Cc1cccc(CC(C)(C)O)c1. The number of nitrogens with zero attached hydrogens (tertiary/aromatic N) is 4. The molecule has 0 fully saturated rings. The van der Waals surface area contributed by atoms with Gasteiger partial charge in [0.05, 0.1) is 17.6 Å². The van der Waals surface area contributed by atoms with Gasteiger partial charge in [-0.25, -0.2) is 0 Å². The van der Waals surface area contributed by atoms with Gasteiger partial charge >= 0.3 is 6.18 Å². The number of alkyl halides is 3. The molecule has 0 unspecified atom stereocenters. The molecular formula is C27H29F3N4O2. The Morgan fingerprint density at radius 1 is 0.944 bits per heavy atom. The van der Waals surface area contributed by atoms with Gasteiger partial charge in [0.15, 0.2) is 5.69 Å². The highest BCUT2D eigenvalue weighted by atomic mass is 19.4. The Labute approximate surface area is 207 Å². The second kappa shape index (κ2) is 9.20. The van der Waals surface area contributed by atoms with Gasteiger partial charge in [0.1, 0.15) is 0 Å². The zero-order chi connectivity index (χ0) is 26.3. The van der Waals surface area contributed by atoms with Crippen LogP contribution >= 0.6 is 0 Å². The Morgan fingerprint density at radius 2 is 1.61 bits per heavy atom. The molecule has 0 aliphatic rings. The first kappa shape index (κ1) is 25.6. The van der Waals surface area contributed by atoms with Crippen LogP contribution in [0.4, 0.5) is 13.2 Å². The van der Waals surface area contributed by atoms with E-state index in [0.717, 1.165) is 30.7 Å². The summed E-state index contributed by atoms with van der Waals surface area (Å²) < 4.78 is 47.2. The minimum absolute atomic E-state index is 0.156. The molecular weight excluding hydrogens is 469 g/mol. The van der Waals surface area contributed by atoms with Gasteiger partial charge in [-0.05, 0) is 57.4 Å².